The lowest BCUT2D eigenvalue weighted by molar-refractivity contribution is -0.141. The van der Waals surface area contributed by atoms with E-state index in [0.29, 0.717) is 11.4 Å². The summed E-state index contributed by atoms with van der Waals surface area (Å²) >= 11 is 0. The van der Waals surface area contributed by atoms with Crippen LogP contribution in [-0.4, -0.2) is 46.4 Å². The van der Waals surface area contributed by atoms with E-state index in [1.807, 2.05) is 35.2 Å². The highest BCUT2D eigenvalue weighted by Gasteiger charge is 2.45. The van der Waals surface area contributed by atoms with E-state index < -0.39 is 46.8 Å². The molecule has 2 aromatic carbocycles. The van der Waals surface area contributed by atoms with Gasteiger partial charge in [0.1, 0.15) is 6.04 Å². The highest BCUT2D eigenvalue weighted by Crippen LogP contribution is 2.41. The molecule has 1 aliphatic rings. The summed E-state index contributed by atoms with van der Waals surface area (Å²) in [5, 5.41) is 12.1. The van der Waals surface area contributed by atoms with Gasteiger partial charge < -0.3 is 15.3 Å². The van der Waals surface area contributed by atoms with Crippen molar-refractivity contribution < 1.29 is 32.7 Å². The largest absolute Gasteiger partial charge is 0.478 e. The maximum atomic E-state index is 13.7. The number of carbonyl (C=O) groups is 3. The van der Waals surface area contributed by atoms with Gasteiger partial charge in [-0.15, -0.1) is 0 Å². The Balaban J connectivity index is 1.94. The Hall–Kier alpha value is -3.66. The van der Waals surface area contributed by atoms with Gasteiger partial charge in [-0.3, -0.25) is 9.69 Å². The van der Waals surface area contributed by atoms with Crippen LogP contribution in [0.5, 0.6) is 0 Å². The molecule has 10 heteroatoms. The van der Waals surface area contributed by atoms with E-state index in [9.17, 15) is 32.7 Å². The summed E-state index contributed by atoms with van der Waals surface area (Å²) in [6.45, 7) is 2.00. The number of nitrogens with one attached hydrogen (secondary N) is 1. The molecule has 0 fully saturated rings. The molecule has 3 rings (SSSR count). The van der Waals surface area contributed by atoms with Crippen molar-refractivity contribution in [3.8, 4) is 0 Å². The zero-order valence-electron chi connectivity index (χ0n) is 18.6. The minimum absolute atomic E-state index is 0.121. The number of urea groups is 1. The van der Waals surface area contributed by atoms with Gasteiger partial charge in [0.15, 0.2) is 0 Å². The second-order valence-corrected chi connectivity index (χ2v) is 8.00. The molecular weight excluding hydrogens is 451 g/mol. The van der Waals surface area contributed by atoms with Crippen LogP contribution in [0.2, 0.25) is 0 Å². The second kappa shape index (κ2) is 10.1. The van der Waals surface area contributed by atoms with Crippen LogP contribution in [0, 0.1) is 0 Å². The van der Waals surface area contributed by atoms with Crippen molar-refractivity contribution >= 4 is 17.9 Å². The molecule has 1 aliphatic heterocycles. The molecule has 2 aromatic rings. The van der Waals surface area contributed by atoms with Gasteiger partial charge in [-0.1, -0.05) is 48.5 Å². The third-order valence-corrected chi connectivity index (χ3v) is 5.51. The van der Waals surface area contributed by atoms with Crippen molar-refractivity contribution in [3.05, 3.63) is 82.6 Å². The summed E-state index contributed by atoms with van der Waals surface area (Å²) < 4.78 is 41.2. The highest BCUT2D eigenvalue weighted by atomic mass is 19.4. The summed E-state index contributed by atoms with van der Waals surface area (Å²) in [6.07, 6.45) is -5.01. The Labute approximate surface area is 194 Å². The summed E-state index contributed by atoms with van der Waals surface area (Å²) in [6, 6.07) is 11.1. The maximum Gasteiger partial charge on any atom is 0.416 e. The number of hydrogen-bond acceptors (Lipinski definition) is 4. The first-order valence-corrected chi connectivity index (χ1v) is 10.5. The smallest absolute Gasteiger partial charge is 0.416 e. The lowest BCUT2D eigenvalue weighted by atomic mass is 9.90. The predicted octanol–water partition coefficient (Wildman–Crippen LogP) is 4.18. The Bertz CT molecular complexity index is 1120. The quantitative estimate of drug-likeness (QED) is 0.627. The number of carbonyl (C=O) groups excluding carboxylic acids is 2. The predicted molar refractivity (Wildman–Crippen MR) is 117 cm³/mol. The van der Waals surface area contributed by atoms with Crippen molar-refractivity contribution in [1.82, 2.24) is 15.1 Å². The molecule has 1 atom stereocenters. The van der Waals surface area contributed by atoms with Gasteiger partial charge in [-0.25, -0.2) is 9.59 Å². The molecule has 3 amide bonds. The third kappa shape index (κ3) is 5.45. The Morgan fingerprint density at radius 2 is 1.71 bits per heavy atom. The average molecular weight is 475 g/mol. The van der Waals surface area contributed by atoms with Gasteiger partial charge in [0.25, 0.3) is 0 Å². The first-order chi connectivity index (χ1) is 16.0. The summed E-state index contributed by atoms with van der Waals surface area (Å²) in [4.78, 5) is 40.3. The number of allylic oxidation sites excluding steroid dienone is 1. The highest BCUT2D eigenvalue weighted by molar-refractivity contribution is 6.01. The number of benzene rings is 2. The number of halogens is 3. The number of carboxylic acid groups (broad SMARTS) is 1. The van der Waals surface area contributed by atoms with Crippen LogP contribution < -0.4 is 5.32 Å². The molecular formula is C24H24F3N3O4. The molecule has 0 aliphatic carbocycles. The standard InChI is InChI=1S/C24H24F3N3O4/c1-15-20(22(32)33)21(17-10-6-7-11-18(17)24(25,26)27)30(23(34)28-15)19(31)12-13-29(2)14-16-8-4-3-5-9-16/h3-11,21H,12-14H2,1-2H3,(H,28,34)(H,32,33). The van der Waals surface area contributed by atoms with Gasteiger partial charge in [0, 0.05) is 25.2 Å². The van der Waals surface area contributed by atoms with Crippen LogP contribution in [0.3, 0.4) is 0 Å². The molecule has 0 saturated carbocycles. The van der Waals surface area contributed by atoms with E-state index in [-0.39, 0.29) is 18.7 Å². The van der Waals surface area contributed by atoms with Crippen LogP contribution in [0.15, 0.2) is 65.9 Å². The van der Waals surface area contributed by atoms with E-state index >= 15 is 0 Å². The number of amides is 3. The average Bonchev–Trinajstić information content (AvgIpc) is 2.76. The van der Waals surface area contributed by atoms with Gasteiger partial charge in [-0.05, 0) is 31.2 Å². The maximum absolute atomic E-state index is 13.7. The molecule has 180 valence electrons. The number of rotatable bonds is 7. The first-order valence-electron chi connectivity index (χ1n) is 10.5. The fourth-order valence-corrected chi connectivity index (χ4v) is 3.94. The second-order valence-electron chi connectivity index (χ2n) is 8.00. The van der Waals surface area contributed by atoms with Crippen molar-refractivity contribution in [3.63, 3.8) is 0 Å². The number of nitrogens with zero attached hydrogens (tertiary/aromatic N) is 2. The lowest BCUT2D eigenvalue weighted by Crippen LogP contribution is -2.51. The zero-order valence-corrected chi connectivity index (χ0v) is 18.6. The molecule has 2 N–H and O–H groups in total. The summed E-state index contributed by atoms with van der Waals surface area (Å²) in [5.41, 5.74) is -1.21. The molecule has 1 heterocycles. The molecule has 0 bridgehead atoms. The molecule has 0 aromatic heterocycles. The summed E-state index contributed by atoms with van der Waals surface area (Å²) in [5.74, 6) is -2.32. The number of aliphatic carboxylic acids is 1. The van der Waals surface area contributed by atoms with Crippen LogP contribution in [0.1, 0.15) is 36.1 Å². The molecule has 34 heavy (non-hydrogen) atoms. The Kier molecular flexibility index (Phi) is 7.41. The van der Waals surface area contributed by atoms with Gasteiger partial charge in [-0.2, -0.15) is 13.2 Å². The fraction of sp³-hybridized carbons (Fsp3) is 0.292. The third-order valence-electron chi connectivity index (χ3n) is 5.51. The van der Waals surface area contributed by atoms with Crippen LogP contribution in [0.4, 0.5) is 18.0 Å². The van der Waals surface area contributed by atoms with Crippen molar-refractivity contribution in [2.75, 3.05) is 13.6 Å². The van der Waals surface area contributed by atoms with Gasteiger partial charge in [0.05, 0.1) is 11.1 Å². The van der Waals surface area contributed by atoms with Gasteiger partial charge in [0.2, 0.25) is 5.91 Å². The van der Waals surface area contributed by atoms with E-state index in [4.69, 9.17) is 0 Å². The van der Waals surface area contributed by atoms with Crippen molar-refractivity contribution in [1.29, 1.82) is 0 Å². The normalized spacial score (nSPS) is 16.6. The number of imide groups is 1. The SMILES string of the molecule is CC1=C(C(=O)O)C(c2ccccc2C(F)(F)F)N(C(=O)CCN(C)Cc2ccccc2)C(=O)N1. The van der Waals surface area contributed by atoms with Crippen molar-refractivity contribution in [2.45, 2.75) is 32.1 Å². The number of carboxylic acids is 1. The lowest BCUT2D eigenvalue weighted by Gasteiger charge is -2.37. The zero-order chi connectivity index (χ0) is 25.0. The minimum Gasteiger partial charge on any atom is -0.478 e. The molecule has 0 spiro atoms. The topological polar surface area (TPSA) is 90.0 Å². The molecule has 7 nitrogen and oxygen atoms in total. The van der Waals surface area contributed by atoms with E-state index in [1.54, 1.807) is 7.05 Å². The molecule has 0 radical (unpaired) electrons. The number of hydrogen-bond donors (Lipinski definition) is 2. The molecule has 0 saturated heterocycles. The Morgan fingerprint density at radius 3 is 2.32 bits per heavy atom. The van der Waals surface area contributed by atoms with Crippen LogP contribution in [0.25, 0.3) is 0 Å². The van der Waals surface area contributed by atoms with E-state index in [2.05, 4.69) is 5.32 Å². The monoisotopic (exact) mass is 475 g/mol. The van der Waals surface area contributed by atoms with E-state index in [0.717, 1.165) is 23.8 Å². The first kappa shape index (κ1) is 25.0. The van der Waals surface area contributed by atoms with E-state index in [1.165, 1.54) is 13.0 Å². The fourth-order valence-electron chi connectivity index (χ4n) is 3.94. The van der Waals surface area contributed by atoms with Crippen LogP contribution in [-0.2, 0) is 22.3 Å². The summed E-state index contributed by atoms with van der Waals surface area (Å²) in [7, 11) is 1.76. The van der Waals surface area contributed by atoms with Crippen LogP contribution >= 0.6 is 0 Å². The molecule has 1 unspecified atom stereocenters. The minimum atomic E-state index is -4.81. The van der Waals surface area contributed by atoms with Crippen molar-refractivity contribution in [2.24, 2.45) is 0 Å². The van der Waals surface area contributed by atoms with Gasteiger partial charge >= 0.3 is 18.2 Å². The Morgan fingerprint density at radius 1 is 1.09 bits per heavy atom. The number of alkyl halides is 3.